The Labute approximate surface area is 126 Å². The quantitative estimate of drug-likeness (QED) is 0.801. The number of aryl methyl sites for hydroxylation is 1. The Bertz CT molecular complexity index is 839. The maximum absolute atomic E-state index is 11.0. The molecular weight excluding hydrogens is 288 g/mol. The smallest absolute Gasteiger partial charge is 0.335 e. The van der Waals surface area contributed by atoms with Gasteiger partial charge in [-0.15, -0.1) is 0 Å². The van der Waals surface area contributed by atoms with Crippen LogP contribution in [0, 0.1) is 6.92 Å². The maximum atomic E-state index is 11.0. The molecule has 0 saturated carbocycles. The summed E-state index contributed by atoms with van der Waals surface area (Å²) in [6, 6.07) is 12.6. The largest absolute Gasteiger partial charge is 0.478 e. The molecule has 0 aliphatic heterocycles. The van der Waals surface area contributed by atoms with Gasteiger partial charge in [-0.1, -0.05) is 29.8 Å². The fourth-order valence-electron chi connectivity index (χ4n) is 2.38. The molecule has 5 heteroatoms. The second-order valence-corrected chi connectivity index (χ2v) is 5.25. The molecular formula is C16H13ClN2O2. The lowest BCUT2D eigenvalue weighted by Gasteiger charge is -2.08. The van der Waals surface area contributed by atoms with Crippen LogP contribution in [0.3, 0.4) is 0 Å². The highest BCUT2D eigenvalue weighted by Gasteiger charge is 2.12. The molecule has 3 rings (SSSR count). The average molecular weight is 301 g/mol. The van der Waals surface area contributed by atoms with Gasteiger partial charge in [0.05, 0.1) is 23.1 Å². The van der Waals surface area contributed by atoms with E-state index in [2.05, 4.69) is 4.98 Å². The summed E-state index contributed by atoms with van der Waals surface area (Å²) in [7, 11) is 0. The van der Waals surface area contributed by atoms with Gasteiger partial charge < -0.3 is 9.67 Å². The number of benzene rings is 2. The molecule has 4 nitrogen and oxygen atoms in total. The van der Waals surface area contributed by atoms with Crippen LogP contribution in [0.1, 0.15) is 21.7 Å². The van der Waals surface area contributed by atoms with Gasteiger partial charge in [0.2, 0.25) is 0 Å². The minimum atomic E-state index is -0.949. The van der Waals surface area contributed by atoms with Crippen LogP contribution in [0.4, 0.5) is 0 Å². The summed E-state index contributed by atoms with van der Waals surface area (Å²) in [6.07, 6.45) is 0. The first-order chi connectivity index (χ1) is 10.1. The molecule has 0 atom stereocenters. The van der Waals surface area contributed by atoms with Crippen molar-refractivity contribution < 1.29 is 9.90 Å². The molecule has 0 bridgehead atoms. The highest BCUT2D eigenvalue weighted by Crippen LogP contribution is 2.22. The fourth-order valence-corrected chi connectivity index (χ4v) is 2.58. The molecule has 0 aliphatic carbocycles. The van der Waals surface area contributed by atoms with E-state index in [0.717, 1.165) is 16.9 Å². The van der Waals surface area contributed by atoms with E-state index in [1.54, 1.807) is 18.2 Å². The van der Waals surface area contributed by atoms with E-state index in [1.807, 2.05) is 35.8 Å². The minimum absolute atomic E-state index is 0.241. The van der Waals surface area contributed by atoms with E-state index < -0.39 is 5.97 Å². The zero-order valence-electron chi connectivity index (χ0n) is 11.4. The first kappa shape index (κ1) is 13.6. The minimum Gasteiger partial charge on any atom is -0.478 e. The zero-order valence-corrected chi connectivity index (χ0v) is 12.1. The number of hydrogen-bond donors (Lipinski definition) is 1. The van der Waals surface area contributed by atoms with Crippen LogP contribution >= 0.6 is 11.6 Å². The number of aromatic nitrogens is 2. The Hall–Kier alpha value is -2.33. The van der Waals surface area contributed by atoms with E-state index >= 15 is 0 Å². The van der Waals surface area contributed by atoms with Crippen LogP contribution in [0.15, 0.2) is 42.5 Å². The number of aromatic carboxylic acids is 1. The Kier molecular flexibility index (Phi) is 3.39. The molecule has 0 spiro atoms. The molecule has 0 unspecified atom stereocenters. The Morgan fingerprint density at radius 3 is 2.76 bits per heavy atom. The average Bonchev–Trinajstić information content (AvgIpc) is 2.76. The van der Waals surface area contributed by atoms with Crippen LogP contribution in [0.25, 0.3) is 11.0 Å². The lowest BCUT2D eigenvalue weighted by Crippen LogP contribution is -2.02. The van der Waals surface area contributed by atoms with Crippen LogP contribution in [-0.4, -0.2) is 20.6 Å². The van der Waals surface area contributed by atoms with Gasteiger partial charge in [0.25, 0.3) is 0 Å². The maximum Gasteiger partial charge on any atom is 0.335 e. The van der Waals surface area contributed by atoms with Crippen molar-refractivity contribution in [3.05, 3.63) is 64.4 Å². The first-order valence-electron chi connectivity index (χ1n) is 6.50. The number of rotatable bonds is 3. The molecule has 0 amide bonds. The number of carbonyl (C=O) groups is 1. The second kappa shape index (κ2) is 5.22. The molecule has 21 heavy (non-hydrogen) atoms. The van der Waals surface area contributed by atoms with Gasteiger partial charge in [-0.05, 0) is 36.8 Å². The van der Waals surface area contributed by atoms with Gasteiger partial charge in [0.1, 0.15) is 5.82 Å². The molecule has 1 N–H and O–H groups in total. The number of hydrogen-bond acceptors (Lipinski definition) is 2. The van der Waals surface area contributed by atoms with E-state index in [4.69, 9.17) is 16.7 Å². The Balaban J connectivity index is 2.09. The van der Waals surface area contributed by atoms with Crippen molar-refractivity contribution in [2.45, 2.75) is 13.5 Å². The standard InChI is InChI=1S/C16H13ClN2O2/c1-10-18-14-8-11(16(20)21)6-7-15(14)19(10)9-12-4-2-3-5-13(12)17/h2-8H,9H2,1H3,(H,20,21). The summed E-state index contributed by atoms with van der Waals surface area (Å²) in [5, 5.41) is 9.75. The number of nitrogens with zero attached hydrogens (tertiary/aromatic N) is 2. The van der Waals surface area contributed by atoms with E-state index in [-0.39, 0.29) is 5.56 Å². The van der Waals surface area contributed by atoms with Crippen LogP contribution in [0.2, 0.25) is 5.02 Å². The highest BCUT2D eigenvalue weighted by atomic mass is 35.5. The van der Waals surface area contributed by atoms with Gasteiger partial charge in [0, 0.05) is 5.02 Å². The van der Waals surface area contributed by atoms with Crippen LogP contribution < -0.4 is 0 Å². The fraction of sp³-hybridized carbons (Fsp3) is 0.125. The van der Waals surface area contributed by atoms with Crippen molar-refractivity contribution in [3.63, 3.8) is 0 Å². The van der Waals surface area contributed by atoms with Gasteiger partial charge in [-0.2, -0.15) is 0 Å². The SMILES string of the molecule is Cc1nc2cc(C(=O)O)ccc2n1Cc1ccccc1Cl. The van der Waals surface area contributed by atoms with Crippen molar-refractivity contribution in [1.82, 2.24) is 9.55 Å². The van der Waals surface area contributed by atoms with E-state index in [1.165, 1.54) is 0 Å². The molecule has 1 heterocycles. The summed E-state index contributed by atoms with van der Waals surface area (Å²) < 4.78 is 2.03. The lowest BCUT2D eigenvalue weighted by atomic mass is 10.2. The van der Waals surface area contributed by atoms with Gasteiger partial charge in [-0.25, -0.2) is 9.78 Å². The van der Waals surface area contributed by atoms with E-state index in [9.17, 15) is 4.79 Å². The number of halogens is 1. The first-order valence-corrected chi connectivity index (χ1v) is 6.87. The third-order valence-corrected chi connectivity index (χ3v) is 3.84. The Morgan fingerprint density at radius 1 is 1.29 bits per heavy atom. The summed E-state index contributed by atoms with van der Waals surface area (Å²) in [6.45, 7) is 2.51. The monoisotopic (exact) mass is 300 g/mol. The molecule has 0 radical (unpaired) electrons. The highest BCUT2D eigenvalue weighted by molar-refractivity contribution is 6.31. The zero-order chi connectivity index (χ0) is 15.0. The predicted octanol–water partition coefficient (Wildman–Crippen LogP) is 3.74. The third-order valence-electron chi connectivity index (χ3n) is 3.47. The van der Waals surface area contributed by atoms with Crippen LogP contribution in [-0.2, 0) is 6.54 Å². The van der Waals surface area contributed by atoms with Crippen molar-refractivity contribution in [3.8, 4) is 0 Å². The molecule has 106 valence electrons. The molecule has 0 saturated heterocycles. The molecule has 0 aliphatic rings. The number of carboxylic acid groups (broad SMARTS) is 1. The van der Waals surface area contributed by atoms with E-state index in [0.29, 0.717) is 17.1 Å². The third kappa shape index (κ3) is 2.50. The summed E-state index contributed by atoms with van der Waals surface area (Å²) in [4.78, 5) is 15.5. The topological polar surface area (TPSA) is 55.1 Å². The van der Waals surface area contributed by atoms with Crippen LogP contribution in [0.5, 0.6) is 0 Å². The van der Waals surface area contributed by atoms with Crippen molar-refractivity contribution in [1.29, 1.82) is 0 Å². The second-order valence-electron chi connectivity index (χ2n) is 4.85. The Morgan fingerprint density at radius 2 is 2.05 bits per heavy atom. The summed E-state index contributed by atoms with van der Waals surface area (Å²) >= 11 is 6.20. The van der Waals surface area contributed by atoms with Crippen molar-refractivity contribution in [2.24, 2.45) is 0 Å². The van der Waals surface area contributed by atoms with Gasteiger partial charge in [0.15, 0.2) is 0 Å². The van der Waals surface area contributed by atoms with Gasteiger partial charge >= 0.3 is 5.97 Å². The lowest BCUT2D eigenvalue weighted by molar-refractivity contribution is 0.0697. The molecule has 0 fully saturated rings. The number of carboxylic acids is 1. The molecule has 2 aromatic carbocycles. The molecule has 1 aromatic heterocycles. The van der Waals surface area contributed by atoms with Crippen molar-refractivity contribution in [2.75, 3.05) is 0 Å². The predicted molar refractivity (Wildman–Crippen MR) is 82.0 cm³/mol. The summed E-state index contributed by atoms with van der Waals surface area (Å²) in [5.74, 6) is -0.123. The van der Waals surface area contributed by atoms with Crippen molar-refractivity contribution >= 4 is 28.6 Å². The van der Waals surface area contributed by atoms with Gasteiger partial charge in [-0.3, -0.25) is 0 Å². The molecule has 3 aromatic rings. The normalized spacial score (nSPS) is 11.0. The summed E-state index contributed by atoms with van der Waals surface area (Å²) in [5.41, 5.74) is 2.82. The number of imidazole rings is 1. The number of fused-ring (bicyclic) bond motifs is 1.